The van der Waals surface area contributed by atoms with Crippen LogP contribution < -0.4 is 9.62 Å². The van der Waals surface area contributed by atoms with E-state index < -0.39 is 38.8 Å². The van der Waals surface area contributed by atoms with E-state index >= 15 is 0 Å². The lowest BCUT2D eigenvalue weighted by Gasteiger charge is -2.38. The molecule has 6 rings (SSSR count). The molecule has 0 atom stereocenters. The van der Waals surface area contributed by atoms with Gasteiger partial charge in [0.25, 0.3) is 21.9 Å². The van der Waals surface area contributed by atoms with E-state index in [1.165, 1.54) is 24.3 Å². The van der Waals surface area contributed by atoms with Gasteiger partial charge in [-0.25, -0.2) is 25.6 Å². The topological polar surface area (TPSA) is 104 Å². The summed E-state index contributed by atoms with van der Waals surface area (Å²) in [6, 6.07) is 6.58. The molecule has 13 heteroatoms. The molecule has 4 aliphatic rings. The predicted molar refractivity (Wildman–Crippen MR) is 148 cm³/mol. The number of alkyl halides is 2. The van der Waals surface area contributed by atoms with Crippen LogP contribution >= 0.6 is 11.3 Å². The van der Waals surface area contributed by atoms with Crippen molar-refractivity contribution in [2.45, 2.75) is 66.9 Å². The van der Waals surface area contributed by atoms with Crippen LogP contribution in [-0.4, -0.2) is 58.9 Å². The Balaban J connectivity index is 0.00000323. The molecule has 3 fully saturated rings. The van der Waals surface area contributed by atoms with Gasteiger partial charge in [-0.2, -0.15) is 4.31 Å². The molecule has 8 nitrogen and oxygen atoms in total. The summed E-state index contributed by atoms with van der Waals surface area (Å²) in [5.74, 6) is -3.19. The molecule has 0 bridgehead atoms. The van der Waals surface area contributed by atoms with Crippen LogP contribution in [-0.2, 0) is 25.5 Å². The van der Waals surface area contributed by atoms with Crippen LogP contribution in [0.1, 0.15) is 68.7 Å². The number of halogens is 2. The fraction of sp³-hybridized carbons (Fsp3) is 0.577. The third-order valence-electron chi connectivity index (χ3n) is 8.96. The second kappa shape index (κ2) is 8.95. The van der Waals surface area contributed by atoms with E-state index in [0.717, 1.165) is 53.1 Å². The van der Waals surface area contributed by atoms with Crippen LogP contribution in [0.2, 0.25) is 0 Å². The molecule has 2 aromatic rings. The number of anilines is 2. The zero-order valence-electron chi connectivity index (χ0n) is 21.6. The Kier molecular flexibility index (Phi) is 6.22. The van der Waals surface area contributed by atoms with Crippen molar-refractivity contribution < 1.29 is 31.8 Å². The van der Waals surface area contributed by atoms with Crippen molar-refractivity contribution in [2.24, 2.45) is 5.41 Å². The van der Waals surface area contributed by atoms with E-state index in [0.29, 0.717) is 23.3 Å². The summed E-state index contributed by atoms with van der Waals surface area (Å²) >= 11 is 0.921. The first-order valence-electron chi connectivity index (χ1n) is 13.1. The first-order chi connectivity index (χ1) is 18.2. The Morgan fingerprint density at radius 3 is 2.23 bits per heavy atom. The average Bonchev–Trinajstić information content (AvgIpc) is 3.30. The second-order valence-corrected chi connectivity index (χ2v) is 16.5. The summed E-state index contributed by atoms with van der Waals surface area (Å²) in [6.45, 7) is -0.0769. The first kappa shape index (κ1) is 27.1. The molecule has 1 amide bonds. The van der Waals surface area contributed by atoms with E-state index in [1.54, 1.807) is 17.0 Å². The summed E-state index contributed by atoms with van der Waals surface area (Å²) in [4.78, 5) is 15.5. The van der Waals surface area contributed by atoms with Crippen LogP contribution in [0.4, 0.5) is 20.2 Å². The summed E-state index contributed by atoms with van der Waals surface area (Å²) in [5, 5.41) is 1.51. The lowest BCUT2D eigenvalue weighted by molar-refractivity contribution is -0.0411. The molecule has 3 heterocycles. The van der Waals surface area contributed by atoms with Gasteiger partial charge in [0.2, 0.25) is 10.0 Å². The molecule has 1 aromatic heterocycles. The second-order valence-electron chi connectivity index (χ2n) is 11.7. The van der Waals surface area contributed by atoms with Crippen molar-refractivity contribution >= 4 is 48.7 Å². The van der Waals surface area contributed by atoms with Gasteiger partial charge in [-0.3, -0.25) is 9.52 Å². The highest BCUT2D eigenvalue weighted by molar-refractivity contribution is 7.92. The number of hydrogen-bond donors (Lipinski definition) is 1. The third-order valence-corrected chi connectivity index (χ3v) is 12.9. The quantitative estimate of drug-likeness (QED) is 0.518. The normalized spacial score (nSPS) is 23.6. The minimum Gasteiger partial charge on any atom is -0.307 e. The van der Waals surface area contributed by atoms with Gasteiger partial charge in [0.1, 0.15) is 4.21 Å². The monoisotopic (exact) mass is 601 g/mol. The fourth-order valence-corrected chi connectivity index (χ4v) is 9.69. The van der Waals surface area contributed by atoms with E-state index in [4.69, 9.17) is 0 Å². The number of hydrogen-bond acceptors (Lipinski definition) is 6. The number of fused-ring (bicyclic) bond motifs is 2. The number of benzene rings is 1. The Morgan fingerprint density at radius 2 is 1.62 bits per heavy atom. The van der Waals surface area contributed by atoms with E-state index in [-0.39, 0.29) is 35.6 Å². The SMILES string of the molecule is CS(=O)(=O)Nc1ccc2c(c1)C1(CCC3(CC3)CC1)CN2C(=O)c1csc(S(=O)(=O)N2CCC(F)(F)CC2)c1.[HH]. The molecule has 0 radical (unpaired) electrons. The molecule has 1 saturated heterocycles. The van der Waals surface area contributed by atoms with Crippen LogP contribution in [0.3, 0.4) is 0 Å². The van der Waals surface area contributed by atoms with E-state index in [1.807, 2.05) is 6.07 Å². The molecule has 2 aliphatic carbocycles. The average molecular weight is 602 g/mol. The number of nitrogens with zero attached hydrogens (tertiary/aromatic N) is 2. The van der Waals surface area contributed by atoms with Crippen LogP contribution in [0.15, 0.2) is 33.9 Å². The van der Waals surface area contributed by atoms with Crippen LogP contribution in [0, 0.1) is 5.41 Å². The zero-order valence-corrected chi connectivity index (χ0v) is 24.0. The summed E-state index contributed by atoms with van der Waals surface area (Å²) in [7, 11) is -7.46. The van der Waals surface area contributed by atoms with Crippen molar-refractivity contribution in [3.8, 4) is 0 Å². The molecular weight excluding hydrogens is 568 g/mol. The summed E-state index contributed by atoms with van der Waals surface area (Å²) < 4.78 is 80.7. The van der Waals surface area contributed by atoms with Gasteiger partial charge in [0.05, 0.1) is 11.8 Å². The maximum absolute atomic E-state index is 13.8. The minimum absolute atomic E-state index is 0. The number of nitrogens with one attached hydrogen (secondary N) is 1. The van der Waals surface area contributed by atoms with Crippen molar-refractivity contribution in [3.05, 3.63) is 40.8 Å². The number of piperidine rings is 1. The molecule has 2 aliphatic heterocycles. The Morgan fingerprint density at radius 1 is 0.974 bits per heavy atom. The minimum atomic E-state index is -3.98. The largest absolute Gasteiger partial charge is 0.307 e. The number of amides is 1. The maximum atomic E-state index is 13.8. The standard InChI is InChI=1S/C26H31F2N3O5S3.H2/c1-38(33,34)29-19-2-3-21-20(15-19)25(8-6-24(4-5-24)7-9-25)17-31(21)23(32)18-14-22(37-16-18)39(35,36)30-12-10-26(27,28)11-13-30;/h2-3,14-16,29H,4-13,17H2,1H3;1H. The highest BCUT2D eigenvalue weighted by Gasteiger charge is 2.53. The number of thiophene rings is 1. The smallest absolute Gasteiger partial charge is 0.259 e. The highest BCUT2D eigenvalue weighted by atomic mass is 32.2. The van der Waals surface area contributed by atoms with Gasteiger partial charge in [-0.05, 0) is 73.8 Å². The number of carbonyl (C=O) groups is 1. The summed E-state index contributed by atoms with van der Waals surface area (Å²) in [6.07, 6.45) is 6.44. The van der Waals surface area contributed by atoms with Gasteiger partial charge >= 0.3 is 0 Å². The Hall–Kier alpha value is -2.09. The van der Waals surface area contributed by atoms with E-state index in [9.17, 15) is 30.4 Å². The predicted octanol–water partition coefficient (Wildman–Crippen LogP) is 5.04. The molecule has 2 spiro atoms. The first-order valence-corrected chi connectivity index (χ1v) is 17.3. The van der Waals surface area contributed by atoms with Gasteiger partial charge in [-0.15, -0.1) is 11.3 Å². The van der Waals surface area contributed by atoms with Crippen LogP contribution in [0.25, 0.3) is 0 Å². The third kappa shape index (κ3) is 5.00. The van der Waals surface area contributed by atoms with Gasteiger partial charge in [0.15, 0.2) is 0 Å². The molecule has 214 valence electrons. The number of sulfonamides is 2. The molecule has 1 aromatic carbocycles. The fourth-order valence-electron chi connectivity index (χ4n) is 6.39. The van der Waals surface area contributed by atoms with Gasteiger partial charge in [-0.1, -0.05) is 0 Å². The lowest BCUT2D eigenvalue weighted by Crippen LogP contribution is -2.42. The van der Waals surface area contributed by atoms with Crippen molar-refractivity contribution in [1.29, 1.82) is 0 Å². The van der Waals surface area contributed by atoms with Crippen LogP contribution in [0.5, 0.6) is 0 Å². The van der Waals surface area contributed by atoms with E-state index in [2.05, 4.69) is 4.72 Å². The Bertz CT molecular complexity index is 1540. The van der Waals surface area contributed by atoms with Gasteiger partial charge in [0, 0.05) is 56.1 Å². The number of rotatable bonds is 5. The van der Waals surface area contributed by atoms with Crippen molar-refractivity contribution in [1.82, 2.24) is 4.31 Å². The molecule has 39 heavy (non-hydrogen) atoms. The zero-order chi connectivity index (χ0) is 27.8. The molecular formula is C26H33F2N3O5S3. The van der Waals surface area contributed by atoms with Crippen molar-refractivity contribution in [3.63, 3.8) is 0 Å². The number of carbonyl (C=O) groups excluding carboxylic acids is 1. The summed E-state index contributed by atoms with van der Waals surface area (Å²) in [5.41, 5.74) is 2.46. The van der Waals surface area contributed by atoms with Gasteiger partial charge < -0.3 is 4.90 Å². The highest BCUT2D eigenvalue weighted by Crippen LogP contribution is 2.62. The molecule has 0 unspecified atom stereocenters. The molecule has 2 saturated carbocycles. The lowest BCUT2D eigenvalue weighted by atomic mass is 9.66. The van der Waals surface area contributed by atoms with Crippen molar-refractivity contribution in [2.75, 3.05) is 35.5 Å². The molecule has 1 N–H and O–H groups in total. The maximum Gasteiger partial charge on any atom is 0.259 e. The Labute approximate surface area is 233 Å².